The largest absolute Gasteiger partial charge is 0.207 e. The smallest absolute Gasteiger partial charge is 0.150 e. The summed E-state index contributed by atoms with van der Waals surface area (Å²) in [5, 5.41) is 7.71. The molecule has 0 bridgehead atoms. The summed E-state index contributed by atoms with van der Waals surface area (Å²) in [6, 6.07) is 3.38. The highest BCUT2D eigenvalue weighted by molar-refractivity contribution is 7.12. The van der Waals surface area contributed by atoms with Crippen molar-refractivity contribution in [1.82, 2.24) is 10.2 Å². The Morgan fingerprint density at radius 2 is 2.08 bits per heavy atom. The van der Waals surface area contributed by atoms with Crippen LogP contribution in [0.15, 0.2) is 23.7 Å². The molecule has 0 N–H and O–H groups in total. The Morgan fingerprint density at radius 3 is 2.69 bits per heavy atom. The first-order valence-electron chi connectivity index (χ1n) is 3.49. The average Bonchev–Trinajstić information content (AvgIpc) is 2.56. The first-order valence-corrected chi connectivity index (χ1v) is 4.37. The van der Waals surface area contributed by atoms with E-state index in [0.717, 1.165) is 6.07 Å². The molecule has 2 nitrogen and oxygen atoms in total. The van der Waals surface area contributed by atoms with Gasteiger partial charge in [0.2, 0.25) is 0 Å². The molecule has 0 aliphatic carbocycles. The van der Waals surface area contributed by atoms with E-state index in [1.165, 1.54) is 29.0 Å². The first kappa shape index (κ1) is 8.25. The molecule has 2 rings (SSSR count). The Kier molecular flexibility index (Phi) is 2.02. The first-order chi connectivity index (χ1) is 6.27. The van der Waals surface area contributed by atoms with Crippen LogP contribution < -0.4 is 0 Å². The molecule has 0 unspecified atom stereocenters. The minimum Gasteiger partial charge on any atom is -0.207 e. The molecule has 0 aliphatic rings. The van der Waals surface area contributed by atoms with E-state index in [2.05, 4.69) is 10.2 Å². The monoisotopic (exact) mass is 198 g/mol. The summed E-state index contributed by atoms with van der Waals surface area (Å²) in [4.78, 5) is 0. The topological polar surface area (TPSA) is 25.8 Å². The quantitative estimate of drug-likeness (QED) is 0.703. The van der Waals surface area contributed by atoms with Gasteiger partial charge in [0.1, 0.15) is 22.2 Å². The van der Waals surface area contributed by atoms with Crippen molar-refractivity contribution in [2.45, 2.75) is 0 Å². The molecule has 0 saturated carbocycles. The molecule has 1 aromatic heterocycles. The standard InChI is InChI=1S/C8H4F2N2S/c9-5-1-2-6(7(10)3-5)8-12-11-4-13-8/h1-4H. The SMILES string of the molecule is Fc1ccc(-c2nncs2)c(F)c1. The van der Waals surface area contributed by atoms with Gasteiger partial charge < -0.3 is 0 Å². The fourth-order valence-electron chi connectivity index (χ4n) is 0.953. The third-order valence-electron chi connectivity index (χ3n) is 1.52. The van der Waals surface area contributed by atoms with Gasteiger partial charge in [0.05, 0.1) is 0 Å². The molecule has 2 aromatic rings. The Hall–Kier alpha value is -1.36. The highest BCUT2D eigenvalue weighted by Gasteiger charge is 2.08. The number of nitrogens with zero attached hydrogens (tertiary/aromatic N) is 2. The minimum absolute atomic E-state index is 0.281. The maximum Gasteiger partial charge on any atom is 0.150 e. The van der Waals surface area contributed by atoms with Gasteiger partial charge in [-0.25, -0.2) is 8.78 Å². The van der Waals surface area contributed by atoms with E-state index < -0.39 is 11.6 Å². The Bertz CT molecular complexity index is 414. The van der Waals surface area contributed by atoms with E-state index in [9.17, 15) is 8.78 Å². The zero-order chi connectivity index (χ0) is 9.26. The maximum absolute atomic E-state index is 13.1. The van der Waals surface area contributed by atoms with Crippen LogP contribution in [0.2, 0.25) is 0 Å². The van der Waals surface area contributed by atoms with Gasteiger partial charge in [-0.3, -0.25) is 0 Å². The lowest BCUT2D eigenvalue weighted by atomic mass is 10.2. The van der Waals surface area contributed by atoms with Crippen molar-refractivity contribution in [2.75, 3.05) is 0 Å². The molecule has 5 heteroatoms. The zero-order valence-electron chi connectivity index (χ0n) is 6.37. The van der Waals surface area contributed by atoms with E-state index >= 15 is 0 Å². The molecule has 0 amide bonds. The molecule has 13 heavy (non-hydrogen) atoms. The van der Waals surface area contributed by atoms with Crippen LogP contribution in [0.25, 0.3) is 10.6 Å². The number of aromatic nitrogens is 2. The molecule has 1 heterocycles. The highest BCUT2D eigenvalue weighted by Crippen LogP contribution is 2.23. The molecule has 66 valence electrons. The fourth-order valence-corrected chi connectivity index (χ4v) is 1.53. The van der Waals surface area contributed by atoms with Gasteiger partial charge in [-0.2, -0.15) is 0 Å². The molecule has 0 fully saturated rings. The number of halogens is 2. The van der Waals surface area contributed by atoms with Crippen molar-refractivity contribution >= 4 is 11.3 Å². The lowest BCUT2D eigenvalue weighted by Gasteiger charge is -1.96. The van der Waals surface area contributed by atoms with Crippen molar-refractivity contribution in [3.8, 4) is 10.6 Å². The third kappa shape index (κ3) is 1.55. The average molecular weight is 198 g/mol. The number of rotatable bonds is 1. The van der Waals surface area contributed by atoms with Crippen LogP contribution in [0.5, 0.6) is 0 Å². The van der Waals surface area contributed by atoms with Crippen LogP contribution in [0.3, 0.4) is 0 Å². The minimum atomic E-state index is -0.614. The van der Waals surface area contributed by atoms with Gasteiger partial charge in [0.25, 0.3) is 0 Å². The fraction of sp³-hybridized carbons (Fsp3) is 0. The summed E-state index contributed by atoms with van der Waals surface area (Å²) in [5.74, 6) is -1.21. The normalized spacial score (nSPS) is 10.3. The van der Waals surface area contributed by atoms with Crippen molar-refractivity contribution < 1.29 is 8.78 Å². The van der Waals surface area contributed by atoms with Crippen molar-refractivity contribution in [3.05, 3.63) is 35.3 Å². The Balaban J connectivity index is 2.53. The summed E-state index contributed by atoms with van der Waals surface area (Å²) >= 11 is 1.21. The second-order valence-electron chi connectivity index (χ2n) is 2.37. The van der Waals surface area contributed by atoms with Crippen molar-refractivity contribution in [3.63, 3.8) is 0 Å². The van der Waals surface area contributed by atoms with Crippen LogP contribution in [0, 0.1) is 11.6 Å². The van der Waals surface area contributed by atoms with Crippen LogP contribution in [0.4, 0.5) is 8.78 Å². The van der Waals surface area contributed by atoms with E-state index in [-0.39, 0.29) is 5.56 Å². The third-order valence-corrected chi connectivity index (χ3v) is 2.25. The summed E-state index contributed by atoms with van der Waals surface area (Å²) < 4.78 is 25.6. The lowest BCUT2D eigenvalue weighted by Crippen LogP contribution is -1.85. The van der Waals surface area contributed by atoms with Gasteiger partial charge >= 0.3 is 0 Å². The zero-order valence-corrected chi connectivity index (χ0v) is 7.18. The van der Waals surface area contributed by atoms with Crippen LogP contribution in [-0.2, 0) is 0 Å². The van der Waals surface area contributed by atoms with Gasteiger partial charge in [-0.15, -0.1) is 10.2 Å². The van der Waals surface area contributed by atoms with E-state index in [1.54, 1.807) is 0 Å². The van der Waals surface area contributed by atoms with E-state index in [0.29, 0.717) is 5.01 Å². The summed E-state index contributed by atoms with van der Waals surface area (Å²) in [7, 11) is 0. The Morgan fingerprint density at radius 1 is 1.23 bits per heavy atom. The van der Waals surface area contributed by atoms with Gasteiger partial charge in [0.15, 0.2) is 0 Å². The van der Waals surface area contributed by atoms with E-state index in [1.807, 2.05) is 0 Å². The van der Waals surface area contributed by atoms with Gasteiger partial charge in [-0.1, -0.05) is 11.3 Å². The lowest BCUT2D eigenvalue weighted by molar-refractivity contribution is 0.585. The molecule has 0 spiro atoms. The van der Waals surface area contributed by atoms with E-state index in [4.69, 9.17) is 0 Å². The van der Waals surface area contributed by atoms with Crippen LogP contribution in [0.1, 0.15) is 0 Å². The number of benzene rings is 1. The molecule has 1 aromatic carbocycles. The van der Waals surface area contributed by atoms with Crippen molar-refractivity contribution in [1.29, 1.82) is 0 Å². The molecule has 0 aliphatic heterocycles. The molecular weight excluding hydrogens is 194 g/mol. The summed E-state index contributed by atoms with van der Waals surface area (Å²) in [6.07, 6.45) is 0. The predicted molar refractivity (Wildman–Crippen MR) is 45.3 cm³/mol. The second kappa shape index (κ2) is 3.18. The Labute approximate surface area is 76.9 Å². The molecule has 0 radical (unpaired) electrons. The van der Waals surface area contributed by atoms with Gasteiger partial charge in [0, 0.05) is 11.6 Å². The number of hydrogen-bond donors (Lipinski definition) is 0. The van der Waals surface area contributed by atoms with Crippen molar-refractivity contribution in [2.24, 2.45) is 0 Å². The molecular formula is C8H4F2N2S. The van der Waals surface area contributed by atoms with Gasteiger partial charge in [-0.05, 0) is 12.1 Å². The highest BCUT2D eigenvalue weighted by atomic mass is 32.1. The van der Waals surface area contributed by atoms with Crippen LogP contribution in [-0.4, -0.2) is 10.2 Å². The predicted octanol–water partition coefficient (Wildman–Crippen LogP) is 2.48. The molecule has 0 atom stereocenters. The summed E-state index contributed by atoms with van der Waals surface area (Å²) in [5.41, 5.74) is 1.78. The van der Waals surface area contributed by atoms with Crippen LogP contribution >= 0.6 is 11.3 Å². The second-order valence-corrected chi connectivity index (χ2v) is 3.20. The molecule has 0 saturated heterocycles. The maximum atomic E-state index is 13.1. The summed E-state index contributed by atoms with van der Waals surface area (Å²) in [6.45, 7) is 0. The number of hydrogen-bond acceptors (Lipinski definition) is 3.